The molecule has 1 heterocycles. The Kier molecular flexibility index (Phi) is 7.54. The van der Waals surface area contributed by atoms with Crippen LogP contribution in [0.5, 0.6) is 0 Å². The van der Waals surface area contributed by atoms with E-state index in [-0.39, 0.29) is 5.91 Å². The summed E-state index contributed by atoms with van der Waals surface area (Å²) in [5.41, 5.74) is 5.34. The Morgan fingerprint density at radius 1 is 0.960 bits per heavy atom. The first kappa shape index (κ1) is 19.6. The number of aromatic amines is 1. The number of H-pyrrole nitrogens is 1. The van der Waals surface area contributed by atoms with E-state index in [2.05, 4.69) is 43.2 Å². The molecule has 1 aromatic carbocycles. The lowest BCUT2D eigenvalue weighted by molar-refractivity contribution is -0.116. The van der Waals surface area contributed by atoms with Gasteiger partial charge in [0.25, 0.3) is 0 Å². The van der Waals surface area contributed by atoms with E-state index >= 15 is 0 Å². The van der Waals surface area contributed by atoms with Crippen molar-refractivity contribution >= 4 is 22.6 Å². The van der Waals surface area contributed by atoms with E-state index in [1.807, 2.05) is 6.92 Å². The van der Waals surface area contributed by atoms with Gasteiger partial charge in [-0.05, 0) is 49.3 Å². The van der Waals surface area contributed by atoms with E-state index in [1.165, 1.54) is 47.8 Å². The summed E-state index contributed by atoms with van der Waals surface area (Å²) in [5, 5.41) is 4.49. The van der Waals surface area contributed by atoms with Gasteiger partial charge in [-0.15, -0.1) is 0 Å². The van der Waals surface area contributed by atoms with Crippen molar-refractivity contribution in [3.63, 3.8) is 0 Å². The summed E-state index contributed by atoms with van der Waals surface area (Å²) in [7, 11) is 0. The zero-order valence-electron chi connectivity index (χ0n) is 16.4. The topological polar surface area (TPSA) is 44.9 Å². The van der Waals surface area contributed by atoms with Crippen molar-refractivity contribution in [3.8, 4) is 0 Å². The van der Waals surface area contributed by atoms with Gasteiger partial charge in [0, 0.05) is 22.9 Å². The van der Waals surface area contributed by atoms with Crippen LogP contribution in [0.25, 0.3) is 10.9 Å². The van der Waals surface area contributed by atoms with Gasteiger partial charge < -0.3 is 10.3 Å². The zero-order valence-corrected chi connectivity index (χ0v) is 16.4. The Balaban J connectivity index is 2.44. The van der Waals surface area contributed by atoms with Crippen LogP contribution in [-0.2, 0) is 24.1 Å². The molecule has 3 heteroatoms. The molecule has 138 valence electrons. The maximum absolute atomic E-state index is 12.2. The first-order chi connectivity index (χ1) is 12.2. The quantitative estimate of drug-likeness (QED) is 0.499. The molecule has 2 rings (SSSR count). The fourth-order valence-electron chi connectivity index (χ4n) is 3.72. The number of fused-ring (bicyclic) bond motifs is 1. The van der Waals surface area contributed by atoms with Crippen LogP contribution in [0.2, 0.25) is 0 Å². The van der Waals surface area contributed by atoms with Crippen LogP contribution >= 0.6 is 0 Å². The first-order valence-electron chi connectivity index (χ1n) is 10.1. The predicted molar refractivity (Wildman–Crippen MR) is 108 cm³/mol. The molecular formula is C22H34N2O. The molecule has 1 amide bonds. The summed E-state index contributed by atoms with van der Waals surface area (Å²) in [6.45, 7) is 8.74. The van der Waals surface area contributed by atoms with Gasteiger partial charge in [0.1, 0.15) is 5.82 Å². The first-order valence-corrected chi connectivity index (χ1v) is 10.1. The zero-order chi connectivity index (χ0) is 18.2. The minimum atomic E-state index is 0.109. The summed E-state index contributed by atoms with van der Waals surface area (Å²) in [6, 6.07) is 4.41. The summed E-state index contributed by atoms with van der Waals surface area (Å²) in [6.07, 6.45) is 9.51. The third-order valence-electron chi connectivity index (χ3n) is 5.03. The van der Waals surface area contributed by atoms with Gasteiger partial charge in [-0.1, -0.05) is 53.0 Å². The van der Waals surface area contributed by atoms with Crippen molar-refractivity contribution in [3.05, 3.63) is 28.8 Å². The monoisotopic (exact) mass is 342 g/mol. The van der Waals surface area contributed by atoms with Gasteiger partial charge in [0.15, 0.2) is 0 Å². The molecule has 3 nitrogen and oxygen atoms in total. The van der Waals surface area contributed by atoms with Gasteiger partial charge >= 0.3 is 0 Å². The number of hydrogen-bond acceptors (Lipinski definition) is 1. The SMILES string of the molecule is CCCCCCc1c(NC(=O)CCC)[nH]c2ccc(CC)c(CC)c12. The van der Waals surface area contributed by atoms with Crippen LogP contribution in [0.4, 0.5) is 5.82 Å². The molecule has 0 fully saturated rings. The van der Waals surface area contributed by atoms with Crippen LogP contribution < -0.4 is 5.32 Å². The average molecular weight is 343 g/mol. The predicted octanol–water partition coefficient (Wildman–Crippen LogP) is 6.15. The van der Waals surface area contributed by atoms with Crippen molar-refractivity contribution in [2.24, 2.45) is 0 Å². The molecule has 0 saturated heterocycles. The lowest BCUT2D eigenvalue weighted by Gasteiger charge is -2.11. The average Bonchev–Trinajstić information content (AvgIpc) is 2.95. The number of carbonyl (C=O) groups is 1. The number of amides is 1. The van der Waals surface area contributed by atoms with Crippen LogP contribution in [0.15, 0.2) is 12.1 Å². The highest BCUT2D eigenvalue weighted by molar-refractivity contribution is 5.98. The molecule has 2 aromatic rings. The molecule has 25 heavy (non-hydrogen) atoms. The number of benzene rings is 1. The second-order valence-corrected chi connectivity index (χ2v) is 6.92. The summed E-state index contributed by atoms with van der Waals surface area (Å²) in [4.78, 5) is 15.7. The van der Waals surface area contributed by atoms with E-state index in [0.717, 1.165) is 37.0 Å². The van der Waals surface area contributed by atoms with Gasteiger partial charge in [-0.3, -0.25) is 4.79 Å². The summed E-state index contributed by atoms with van der Waals surface area (Å²) < 4.78 is 0. The fraction of sp³-hybridized carbons (Fsp3) is 0.591. The molecule has 2 N–H and O–H groups in total. The van der Waals surface area contributed by atoms with Crippen molar-refractivity contribution in [2.45, 2.75) is 85.5 Å². The third kappa shape index (κ3) is 4.65. The minimum absolute atomic E-state index is 0.109. The molecule has 0 bridgehead atoms. The van der Waals surface area contributed by atoms with E-state index in [1.54, 1.807) is 0 Å². The second-order valence-electron chi connectivity index (χ2n) is 6.92. The van der Waals surface area contributed by atoms with Crippen molar-refractivity contribution in [1.82, 2.24) is 4.98 Å². The summed E-state index contributed by atoms with van der Waals surface area (Å²) >= 11 is 0. The van der Waals surface area contributed by atoms with Gasteiger partial charge in [-0.25, -0.2) is 0 Å². The molecular weight excluding hydrogens is 308 g/mol. The van der Waals surface area contributed by atoms with Crippen molar-refractivity contribution < 1.29 is 4.79 Å². The van der Waals surface area contributed by atoms with Gasteiger partial charge in [0.05, 0.1) is 0 Å². The lowest BCUT2D eigenvalue weighted by atomic mass is 9.94. The van der Waals surface area contributed by atoms with E-state index < -0.39 is 0 Å². The number of aromatic nitrogens is 1. The van der Waals surface area contributed by atoms with Gasteiger partial charge in [0.2, 0.25) is 5.91 Å². The number of unbranched alkanes of at least 4 members (excludes halogenated alkanes) is 3. The minimum Gasteiger partial charge on any atom is -0.341 e. The standard InChI is InChI=1S/C22H34N2O/c1-5-9-10-11-13-18-21-17(8-4)16(7-3)14-15-19(21)23-22(18)24-20(25)12-6-2/h14-15,23H,5-13H2,1-4H3,(H,24,25). The van der Waals surface area contributed by atoms with Crippen LogP contribution in [0.3, 0.4) is 0 Å². The molecule has 0 saturated carbocycles. The molecule has 0 unspecified atom stereocenters. The molecule has 0 aliphatic carbocycles. The Morgan fingerprint density at radius 3 is 2.40 bits per heavy atom. The Hall–Kier alpha value is -1.77. The van der Waals surface area contributed by atoms with E-state index in [4.69, 9.17) is 0 Å². The third-order valence-corrected chi connectivity index (χ3v) is 5.03. The molecule has 0 radical (unpaired) electrons. The van der Waals surface area contributed by atoms with Crippen molar-refractivity contribution in [2.75, 3.05) is 5.32 Å². The molecule has 1 aromatic heterocycles. The lowest BCUT2D eigenvalue weighted by Crippen LogP contribution is -2.12. The number of rotatable bonds is 10. The van der Waals surface area contributed by atoms with E-state index in [0.29, 0.717) is 6.42 Å². The molecule has 0 atom stereocenters. The van der Waals surface area contributed by atoms with Crippen LogP contribution in [0.1, 0.15) is 82.9 Å². The van der Waals surface area contributed by atoms with Crippen LogP contribution in [-0.4, -0.2) is 10.9 Å². The maximum Gasteiger partial charge on any atom is 0.225 e. The summed E-state index contributed by atoms with van der Waals surface area (Å²) in [5.74, 6) is 1.03. The Bertz CT molecular complexity index is 700. The molecule has 0 aliphatic heterocycles. The van der Waals surface area contributed by atoms with Crippen LogP contribution in [0, 0.1) is 0 Å². The Morgan fingerprint density at radius 2 is 1.76 bits per heavy atom. The number of anilines is 1. The van der Waals surface area contributed by atoms with Crippen molar-refractivity contribution in [1.29, 1.82) is 0 Å². The smallest absolute Gasteiger partial charge is 0.225 e. The highest BCUT2D eigenvalue weighted by atomic mass is 16.1. The number of hydrogen-bond donors (Lipinski definition) is 2. The Labute approximate surface area is 152 Å². The highest BCUT2D eigenvalue weighted by Crippen LogP contribution is 2.33. The fourth-order valence-corrected chi connectivity index (χ4v) is 3.72. The van der Waals surface area contributed by atoms with E-state index in [9.17, 15) is 4.79 Å². The largest absolute Gasteiger partial charge is 0.341 e. The normalized spacial score (nSPS) is 11.2. The number of carbonyl (C=O) groups excluding carboxylic acids is 1. The number of aryl methyl sites for hydroxylation is 3. The number of nitrogens with one attached hydrogen (secondary N) is 2. The second kappa shape index (κ2) is 9.65. The maximum atomic E-state index is 12.2. The van der Waals surface area contributed by atoms with Gasteiger partial charge in [-0.2, -0.15) is 0 Å². The highest BCUT2D eigenvalue weighted by Gasteiger charge is 2.17. The molecule has 0 spiro atoms. The molecule has 0 aliphatic rings.